The minimum absolute atomic E-state index is 0.0250. The summed E-state index contributed by atoms with van der Waals surface area (Å²) in [5.41, 5.74) is 0. The van der Waals surface area contributed by atoms with Gasteiger partial charge in [0.1, 0.15) is 0 Å². The lowest BCUT2D eigenvalue weighted by Gasteiger charge is -2.06. The third-order valence-corrected chi connectivity index (χ3v) is 3.09. The first-order chi connectivity index (χ1) is 6.42. The second-order valence-corrected chi connectivity index (χ2v) is 4.98. The first kappa shape index (κ1) is 11.2. The van der Waals surface area contributed by atoms with Gasteiger partial charge in [0.25, 0.3) is 0 Å². The van der Waals surface area contributed by atoms with Crippen molar-refractivity contribution in [2.75, 3.05) is 6.54 Å². The Morgan fingerprint density at radius 3 is 2.71 bits per heavy atom. The molecule has 0 aliphatic rings. The highest BCUT2D eigenvalue weighted by molar-refractivity contribution is 7.89. The number of aliphatic hydroxyl groups excluding tert-OH is 1. The van der Waals surface area contributed by atoms with E-state index in [-0.39, 0.29) is 11.4 Å². The summed E-state index contributed by atoms with van der Waals surface area (Å²) in [6.07, 6.45) is 2.47. The molecule has 0 amide bonds. The Balaban J connectivity index is 2.76. The van der Waals surface area contributed by atoms with Gasteiger partial charge in [-0.25, -0.2) is 13.1 Å². The molecule has 0 saturated heterocycles. The molecule has 0 aliphatic heterocycles. The number of aryl methyl sites for hydroxylation is 1. The maximum absolute atomic E-state index is 11.5. The molecule has 0 aromatic carbocycles. The Morgan fingerprint density at radius 2 is 2.29 bits per heavy atom. The number of aliphatic hydroxyl groups is 1. The zero-order chi connectivity index (χ0) is 10.8. The van der Waals surface area contributed by atoms with Crippen molar-refractivity contribution >= 4 is 10.0 Å². The summed E-state index contributed by atoms with van der Waals surface area (Å²) in [6, 6.07) is 1.50. The van der Waals surface area contributed by atoms with Crippen LogP contribution in [0.2, 0.25) is 0 Å². The van der Waals surface area contributed by atoms with E-state index in [2.05, 4.69) is 4.72 Å². The quantitative estimate of drug-likeness (QED) is 0.728. The van der Waals surface area contributed by atoms with Crippen LogP contribution in [0.3, 0.4) is 0 Å². The first-order valence-electron chi connectivity index (χ1n) is 4.21. The molecule has 0 fully saturated rings. The lowest BCUT2D eigenvalue weighted by atomic mass is 10.4. The average Bonchev–Trinajstić information content (AvgIpc) is 2.49. The van der Waals surface area contributed by atoms with Crippen molar-refractivity contribution in [3.05, 3.63) is 18.5 Å². The van der Waals surface area contributed by atoms with Crippen LogP contribution in [0.25, 0.3) is 0 Å². The molecule has 0 bridgehead atoms. The van der Waals surface area contributed by atoms with E-state index in [4.69, 9.17) is 5.11 Å². The molecule has 1 aromatic rings. The molecular weight excluding hydrogens is 204 g/mol. The van der Waals surface area contributed by atoms with Gasteiger partial charge >= 0.3 is 0 Å². The van der Waals surface area contributed by atoms with Crippen LogP contribution in [-0.4, -0.2) is 30.7 Å². The highest BCUT2D eigenvalue weighted by Crippen LogP contribution is 2.07. The van der Waals surface area contributed by atoms with E-state index in [0.29, 0.717) is 0 Å². The SMILES string of the molecule is C[C@@H](O)CNS(=O)(=O)c1ccn(C)c1. The van der Waals surface area contributed by atoms with Gasteiger partial charge in [0, 0.05) is 26.0 Å². The molecule has 1 rings (SSSR count). The molecule has 6 heteroatoms. The highest BCUT2D eigenvalue weighted by atomic mass is 32.2. The van der Waals surface area contributed by atoms with E-state index in [0.717, 1.165) is 0 Å². The topological polar surface area (TPSA) is 71.3 Å². The Labute approximate surface area is 83.4 Å². The monoisotopic (exact) mass is 218 g/mol. The summed E-state index contributed by atoms with van der Waals surface area (Å²) >= 11 is 0. The minimum Gasteiger partial charge on any atom is -0.392 e. The van der Waals surface area contributed by atoms with Crippen LogP contribution in [0.1, 0.15) is 6.92 Å². The van der Waals surface area contributed by atoms with Crippen molar-refractivity contribution in [2.24, 2.45) is 7.05 Å². The van der Waals surface area contributed by atoms with E-state index >= 15 is 0 Å². The minimum atomic E-state index is -3.47. The molecule has 0 aliphatic carbocycles. The molecule has 14 heavy (non-hydrogen) atoms. The summed E-state index contributed by atoms with van der Waals surface area (Å²) in [7, 11) is -1.72. The van der Waals surface area contributed by atoms with Crippen molar-refractivity contribution in [3.63, 3.8) is 0 Å². The molecule has 80 valence electrons. The van der Waals surface area contributed by atoms with Crippen LogP contribution < -0.4 is 4.72 Å². The van der Waals surface area contributed by atoms with Crippen LogP contribution in [0.4, 0.5) is 0 Å². The second-order valence-electron chi connectivity index (χ2n) is 3.21. The predicted molar refractivity (Wildman–Crippen MR) is 52.3 cm³/mol. The molecule has 0 spiro atoms. The zero-order valence-corrected chi connectivity index (χ0v) is 8.95. The van der Waals surface area contributed by atoms with Gasteiger partial charge in [-0.15, -0.1) is 0 Å². The molecule has 1 atom stereocenters. The average molecular weight is 218 g/mol. The van der Waals surface area contributed by atoms with Gasteiger partial charge in [0.2, 0.25) is 10.0 Å². The Hall–Kier alpha value is -0.850. The van der Waals surface area contributed by atoms with Gasteiger partial charge < -0.3 is 9.67 Å². The van der Waals surface area contributed by atoms with Crippen molar-refractivity contribution in [1.82, 2.24) is 9.29 Å². The molecule has 2 N–H and O–H groups in total. The number of nitrogens with one attached hydrogen (secondary N) is 1. The molecule has 0 radical (unpaired) electrons. The highest BCUT2D eigenvalue weighted by Gasteiger charge is 2.14. The van der Waals surface area contributed by atoms with Gasteiger partial charge in [-0.3, -0.25) is 0 Å². The summed E-state index contributed by atoms with van der Waals surface area (Å²) in [5.74, 6) is 0. The number of hydrogen-bond acceptors (Lipinski definition) is 3. The number of sulfonamides is 1. The fourth-order valence-corrected chi connectivity index (χ4v) is 2.12. The molecule has 0 saturated carbocycles. The second kappa shape index (κ2) is 4.12. The van der Waals surface area contributed by atoms with Gasteiger partial charge in [-0.2, -0.15) is 0 Å². The van der Waals surface area contributed by atoms with Crippen molar-refractivity contribution in [2.45, 2.75) is 17.9 Å². The standard InChI is InChI=1S/C8H14N2O3S/c1-7(11)5-9-14(12,13)8-3-4-10(2)6-8/h3-4,6-7,9,11H,5H2,1-2H3/t7-/m1/s1. The predicted octanol–water partition coefficient (Wildman–Crippen LogP) is -0.316. The summed E-state index contributed by atoms with van der Waals surface area (Å²) in [5, 5.41) is 8.94. The third-order valence-electron chi connectivity index (χ3n) is 1.68. The van der Waals surface area contributed by atoms with Crippen LogP contribution in [0.15, 0.2) is 23.4 Å². The van der Waals surface area contributed by atoms with Crippen molar-refractivity contribution in [3.8, 4) is 0 Å². The van der Waals surface area contributed by atoms with Gasteiger partial charge in [0.05, 0.1) is 11.0 Å². The van der Waals surface area contributed by atoms with E-state index < -0.39 is 16.1 Å². The number of rotatable bonds is 4. The van der Waals surface area contributed by atoms with Gasteiger partial charge in [-0.05, 0) is 13.0 Å². The lowest BCUT2D eigenvalue weighted by molar-refractivity contribution is 0.198. The Kier molecular flexibility index (Phi) is 3.30. The zero-order valence-electron chi connectivity index (χ0n) is 8.14. The first-order valence-corrected chi connectivity index (χ1v) is 5.70. The third kappa shape index (κ3) is 2.83. The van der Waals surface area contributed by atoms with Crippen LogP contribution in [0, 0.1) is 0 Å². The molecule has 5 nitrogen and oxygen atoms in total. The smallest absolute Gasteiger partial charge is 0.242 e. The number of aromatic nitrogens is 1. The van der Waals surface area contributed by atoms with Crippen LogP contribution >= 0.6 is 0 Å². The summed E-state index contributed by atoms with van der Waals surface area (Å²) < 4.78 is 27.0. The maximum Gasteiger partial charge on any atom is 0.242 e. The summed E-state index contributed by atoms with van der Waals surface area (Å²) in [6.45, 7) is 1.55. The normalized spacial score (nSPS) is 14.2. The van der Waals surface area contributed by atoms with Gasteiger partial charge in [0.15, 0.2) is 0 Å². The van der Waals surface area contributed by atoms with Crippen LogP contribution in [-0.2, 0) is 17.1 Å². The van der Waals surface area contributed by atoms with E-state index in [1.54, 1.807) is 17.8 Å². The van der Waals surface area contributed by atoms with Crippen LogP contribution in [0.5, 0.6) is 0 Å². The molecule has 1 aromatic heterocycles. The fourth-order valence-electron chi connectivity index (χ4n) is 0.950. The summed E-state index contributed by atoms with van der Waals surface area (Å²) in [4.78, 5) is 0.209. The fraction of sp³-hybridized carbons (Fsp3) is 0.500. The van der Waals surface area contributed by atoms with E-state index in [1.807, 2.05) is 0 Å². The van der Waals surface area contributed by atoms with Gasteiger partial charge in [-0.1, -0.05) is 0 Å². The Bertz CT molecular complexity index is 394. The molecule has 1 heterocycles. The van der Waals surface area contributed by atoms with Crippen molar-refractivity contribution in [1.29, 1.82) is 0 Å². The lowest BCUT2D eigenvalue weighted by Crippen LogP contribution is -2.30. The molecule has 0 unspecified atom stereocenters. The Morgan fingerprint density at radius 1 is 1.64 bits per heavy atom. The maximum atomic E-state index is 11.5. The molecular formula is C8H14N2O3S. The van der Waals surface area contributed by atoms with E-state index in [1.165, 1.54) is 19.2 Å². The van der Waals surface area contributed by atoms with Crippen molar-refractivity contribution < 1.29 is 13.5 Å². The van der Waals surface area contributed by atoms with E-state index in [9.17, 15) is 8.42 Å². The largest absolute Gasteiger partial charge is 0.392 e. The number of hydrogen-bond donors (Lipinski definition) is 2. The number of nitrogens with zero attached hydrogens (tertiary/aromatic N) is 1.